The molecule has 0 aliphatic heterocycles. The van der Waals surface area contributed by atoms with Crippen LogP contribution in [0.3, 0.4) is 0 Å². The summed E-state index contributed by atoms with van der Waals surface area (Å²) in [5.41, 5.74) is 3.50. The van der Waals surface area contributed by atoms with Crippen LogP contribution >= 0.6 is 0 Å². The van der Waals surface area contributed by atoms with E-state index in [1.165, 1.54) is 5.56 Å². The zero-order valence-corrected chi connectivity index (χ0v) is 12.1. The molecule has 0 aromatic heterocycles. The third-order valence-corrected chi connectivity index (χ3v) is 3.47. The first-order valence-corrected chi connectivity index (χ1v) is 7.11. The van der Waals surface area contributed by atoms with Crippen molar-refractivity contribution in [2.24, 2.45) is 0 Å². The molecule has 0 heterocycles. The molecule has 1 atom stereocenters. The van der Waals surface area contributed by atoms with Crippen molar-refractivity contribution in [2.45, 2.75) is 32.7 Å². The molecule has 1 N–H and O–H groups in total. The van der Waals surface area contributed by atoms with E-state index >= 15 is 0 Å². The Morgan fingerprint density at radius 1 is 1.00 bits per heavy atom. The Labute approximate surface area is 120 Å². The van der Waals surface area contributed by atoms with Crippen LogP contribution in [-0.2, 0) is 17.6 Å². The fraction of sp³-hybridized carbons (Fsp3) is 0.278. The molecule has 0 aliphatic rings. The summed E-state index contributed by atoms with van der Waals surface area (Å²) in [7, 11) is 0. The van der Waals surface area contributed by atoms with E-state index in [-0.39, 0.29) is 11.9 Å². The number of hydrogen-bond donors (Lipinski definition) is 1. The Morgan fingerprint density at radius 3 is 2.25 bits per heavy atom. The maximum absolute atomic E-state index is 12.0. The van der Waals surface area contributed by atoms with Crippen LogP contribution in [0.2, 0.25) is 0 Å². The van der Waals surface area contributed by atoms with Gasteiger partial charge in [-0.2, -0.15) is 0 Å². The predicted octanol–water partition coefficient (Wildman–Crippen LogP) is 3.67. The van der Waals surface area contributed by atoms with Gasteiger partial charge in [-0.15, -0.1) is 0 Å². The van der Waals surface area contributed by atoms with E-state index in [9.17, 15) is 4.79 Å². The summed E-state index contributed by atoms with van der Waals surface area (Å²) in [4.78, 5) is 12.0. The minimum Gasteiger partial charge on any atom is -0.349 e. The lowest BCUT2D eigenvalue weighted by Crippen LogP contribution is -2.28. The Kier molecular flexibility index (Phi) is 4.94. The fourth-order valence-electron chi connectivity index (χ4n) is 2.20. The molecule has 0 radical (unpaired) electrons. The van der Waals surface area contributed by atoms with Crippen LogP contribution < -0.4 is 5.32 Å². The highest BCUT2D eigenvalue weighted by molar-refractivity contribution is 5.78. The van der Waals surface area contributed by atoms with Gasteiger partial charge in [0.2, 0.25) is 5.91 Å². The number of benzene rings is 2. The lowest BCUT2D eigenvalue weighted by atomic mass is 10.0. The topological polar surface area (TPSA) is 29.1 Å². The molecular weight excluding hydrogens is 246 g/mol. The Balaban J connectivity index is 1.93. The number of carbonyl (C=O) groups is 1. The molecule has 0 saturated heterocycles. The van der Waals surface area contributed by atoms with Crippen LogP contribution in [0.4, 0.5) is 0 Å². The van der Waals surface area contributed by atoms with E-state index in [1.54, 1.807) is 0 Å². The number of amides is 1. The van der Waals surface area contributed by atoms with Gasteiger partial charge in [-0.3, -0.25) is 4.79 Å². The van der Waals surface area contributed by atoms with Crippen molar-refractivity contribution in [1.29, 1.82) is 0 Å². The molecule has 0 fully saturated rings. The lowest BCUT2D eigenvalue weighted by molar-refractivity contribution is -0.121. The van der Waals surface area contributed by atoms with Gasteiger partial charge in [-0.1, -0.05) is 61.5 Å². The number of carbonyl (C=O) groups excluding carboxylic acids is 1. The minimum absolute atomic E-state index is 0.0390. The predicted molar refractivity (Wildman–Crippen MR) is 82.5 cm³/mol. The van der Waals surface area contributed by atoms with E-state index in [4.69, 9.17) is 0 Å². The third kappa shape index (κ3) is 3.95. The minimum atomic E-state index is 0.0390. The highest BCUT2D eigenvalue weighted by atomic mass is 16.1. The van der Waals surface area contributed by atoms with Crippen LogP contribution in [-0.4, -0.2) is 5.91 Å². The van der Waals surface area contributed by atoms with E-state index in [1.807, 2.05) is 37.3 Å². The Morgan fingerprint density at radius 2 is 1.65 bits per heavy atom. The van der Waals surface area contributed by atoms with E-state index in [0.29, 0.717) is 6.42 Å². The molecule has 2 heteroatoms. The van der Waals surface area contributed by atoms with Crippen molar-refractivity contribution >= 4 is 5.91 Å². The summed E-state index contributed by atoms with van der Waals surface area (Å²) in [6.45, 7) is 4.16. The van der Waals surface area contributed by atoms with Gasteiger partial charge >= 0.3 is 0 Å². The molecule has 0 saturated carbocycles. The summed E-state index contributed by atoms with van der Waals surface area (Å²) in [6.07, 6.45) is 1.47. The molecule has 20 heavy (non-hydrogen) atoms. The first-order valence-electron chi connectivity index (χ1n) is 7.11. The van der Waals surface area contributed by atoms with E-state index in [0.717, 1.165) is 17.5 Å². The highest BCUT2D eigenvalue weighted by Crippen LogP contribution is 2.14. The average molecular weight is 267 g/mol. The van der Waals surface area contributed by atoms with E-state index in [2.05, 4.69) is 36.5 Å². The normalized spacial score (nSPS) is 11.9. The van der Waals surface area contributed by atoms with Gasteiger partial charge in [0, 0.05) is 0 Å². The number of aryl methyl sites for hydroxylation is 1. The zero-order valence-electron chi connectivity index (χ0n) is 12.1. The van der Waals surface area contributed by atoms with E-state index < -0.39 is 0 Å². The first kappa shape index (κ1) is 14.3. The number of hydrogen-bond acceptors (Lipinski definition) is 1. The maximum atomic E-state index is 12.0. The van der Waals surface area contributed by atoms with Gasteiger partial charge in [0.05, 0.1) is 12.5 Å². The molecule has 2 aromatic rings. The Bertz CT molecular complexity index is 545. The molecule has 2 nitrogen and oxygen atoms in total. The van der Waals surface area contributed by atoms with Crippen LogP contribution in [0.5, 0.6) is 0 Å². The molecule has 2 aromatic carbocycles. The largest absolute Gasteiger partial charge is 0.349 e. The Hall–Kier alpha value is -2.09. The molecular formula is C18H21NO. The summed E-state index contributed by atoms with van der Waals surface area (Å²) in [5, 5.41) is 3.04. The average Bonchev–Trinajstić information content (AvgIpc) is 2.48. The van der Waals surface area contributed by atoms with Crippen molar-refractivity contribution in [3.05, 3.63) is 71.3 Å². The monoisotopic (exact) mass is 267 g/mol. The van der Waals surface area contributed by atoms with Crippen LogP contribution in [0.1, 0.15) is 36.6 Å². The van der Waals surface area contributed by atoms with Gasteiger partial charge in [-0.25, -0.2) is 0 Å². The smallest absolute Gasteiger partial charge is 0.224 e. The summed E-state index contributed by atoms with van der Waals surface area (Å²) in [6, 6.07) is 18.3. The molecule has 0 spiro atoms. The summed E-state index contributed by atoms with van der Waals surface area (Å²) in [5.74, 6) is 0.0586. The summed E-state index contributed by atoms with van der Waals surface area (Å²) >= 11 is 0. The zero-order chi connectivity index (χ0) is 14.4. The van der Waals surface area contributed by atoms with Crippen LogP contribution in [0.15, 0.2) is 54.6 Å². The molecule has 1 amide bonds. The first-order chi connectivity index (χ1) is 9.69. The van der Waals surface area contributed by atoms with Crippen molar-refractivity contribution in [1.82, 2.24) is 5.32 Å². The molecule has 0 aliphatic carbocycles. The second kappa shape index (κ2) is 6.90. The van der Waals surface area contributed by atoms with Crippen molar-refractivity contribution in [2.75, 3.05) is 0 Å². The molecule has 0 bridgehead atoms. The van der Waals surface area contributed by atoms with Gasteiger partial charge < -0.3 is 5.32 Å². The molecule has 2 rings (SSSR count). The van der Waals surface area contributed by atoms with Crippen molar-refractivity contribution in [3.63, 3.8) is 0 Å². The lowest BCUT2D eigenvalue weighted by Gasteiger charge is -2.15. The van der Waals surface area contributed by atoms with Crippen molar-refractivity contribution in [3.8, 4) is 0 Å². The standard InChI is InChI=1S/C18H21NO/c1-3-15-9-11-17(12-10-15)14(2)19-18(20)13-16-7-5-4-6-8-16/h4-12,14H,3,13H2,1-2H3,(H,19,20)/t14-/m1/s1. The van der Waals surface area contributed by atoms with Crippen LogP contribution in [0.25, 0.3) is 0 Å². The maximum Gasteiger partial charge on any atom is 0.224 e. The SMILES string of the molecule is CCc1ccc([C@@H](C)NC(=O)Cc2ccccc2)cc1. The number of rotatable bonds is 5. The quantitative estimate of drug-likeness (QED) is 0.880. The second-order valence-electron chi connectivity index (χ2n) is 5.05. The number of nitrogens with one attached hydrogen (secondary N) is 1. The third-order valence-electron chi connectivity index (χ3n) is 3.47. The molecule has 0 unspecified atom stereocenters. The highest BCUT2D eigenvalue weighted by Gasteiger charge is 2.09. The van der Waals surface area contributed by atoms with Gasteiger partial charge in [0.25, 0.3) is 0 Å². The summed E-state index contributed by atoms with van der Waals surface area (Å²) < 4.78 is 0. The molecule has 104 valence electrons. The second-order valence-corrected chi connectivity index (χ2v) is 5.05. The van der Waals surface area contributed by atoms with Gasteiger partial charge in [-0.05, 0) is 30.0 Å². The van der Waals surface area contributed by atoms with Gasteiger partial charge in [0.15, 0.2) is 0 Å². The fourth-order valence-corrected chi connectivity index (χ4v) is 2.20. The van der Waals surface area contributed by atoms with Crippen molar-refractivity contribution < 1.29 is 4.79 Å². The van der Waals surface area contributed by atoms with Gasteiger partial charge in [0.1, 0.15) is 0 Å². The van der Waals surface area contributed by atoms with Crippen LogP contribution in [0, 0.1) is 0 Å².